The summed E-state index contributed by atoms with van der Waals surface area (Å²) in [5.41, 5.74) is 5.90. The zero-order valence-electron chi connectivity index (χ0n) is 17.1. The van der Waals surface area contributed by atoms with Gasteiger partial charge in [-0.15, -0.1) is 6.58 Å². The third-order valence-corrected chi connectivity index (χ3v) is 9.82. The number of hydrogen-bond donors (Lipinski definition) is 3. The Morgan fingerprint density at radius 1 is 1.04 bits per heavy atom. The van der Waals surface area contributed by atoms with E-state index in [9.17, 15) is 0 Å². The quantitative estimate of drug-likeness (QED) is 0.259. The van der Waals surface area contributed by atoms with Crippen LogP contribution in [-0.4, -0.2) is 83.9 Å². The summed E-state index contributed by atoms with van der Waals surface area (Å²) in [6.07, 6.45) is 1.74. The standard InChI is InChI=1S/C17H33N6O2PS2/c1-5-6-18-15(27)19-20-16(28)21-26(17(2,3)4,22-7-11-24-12-8-22)23-9-13-25-14-10-23/h5H,1,6-14H2,2-4H3,(H,20,28)(H2,18,19,27). The van der Waals surface area contributed by atoms with E-state index in [1.807, 2.05) is 0 Å². The molecule has 2 saturated heterocycles. The molecule has 0 amide bonds. The van der Waals surface area contributed by atoms with Crippen molar-refractivity contribution in [2.24, 2.45) is 4.74 Å². The van der Waals surface area contributed by atoms with Gasteiger partial charge in [0.05, 0.1) is 26.4 Å². The van der Waals surface area contributed by atoms with Crippen LogP contribution in [0.15, 0.2) is 17.4 Å². The zero-order valence-corrected chi connectivity index (χ0v) is 19.6. The predicted octanol–water partition coefficient (Wildman–Crippen LogP) is 1.92. The molecule has 2 aliphatic rings. The van der Waals surface area contributed by atoms with Gasteiger partial charge in [-0.2, -0.15) is 0 Å². The third-order valence-electron chi connectivity index (χ3n) is 4.58. The Morgan fingerprint density at radius 2 is 1.54 bits per heavy atom. The van der Waals surface area contributed by atoms with Crippen LogP contribution in [0.4, 0.5) is 0 Å². The molecule has 8 nitrogen and oxygen atoms in total. The first-order chi connectivity index (χ1) is 13.3. The zero-order chi connectivity index (χ0) is 20.6. The maximum atomic E-state index is 5.61. The van der Waals surface area contributed by atoms with Crippen LogP contribution in [-0.2, 0) is 9.47 Å². The van der Waals surface area contributed by atoms with Crippen molar-refractivity contribution in [1.29, 1.82) is 0 Å². The van der Waals surface area contributed by atoms with Crippen molar-refractivity contribution in [3.63, 3.8) is 0 Å². The van der Waals surface area contributed by atoms with Crippen molar-refractivity contribution < 1.29 is 9.47 Å². The van der Waals surface area contributed by atoms with E-state index >= 15 is 0 Å². The minimum absolute atomic E-state index is 0.0883. The second-order valence-electron chi connectivity index (χ2n) is 7.53. The smallest absolute Gasteiger partial charge is 0.212 e. The average Bonchev–Trinajstić information content (AvgIpc) is 2.69. The molecule has 0 aromatic rings. The molecule has 0 aliphatic carbocycles. The monoisotopic (exact) mass is 448 g/mol. The van der Waals surface area contributed by atoms with Crippen LogP contribution in [0.5, 0.6) is 0 Å². The Hall–Kier alpha value is -0.610. The summed E-state index contributed by atoms with van der Waals surface area (Å²) in [7, 11) is -2.16. The lowest BCUT2D eigenvalue weighted by Gasteiger charge is -2.52. The van der Waals surface area contributed by atoms with Gasteiger partial charge in [-0.1, -0.05) is 26.8 Å². The fourth-order valence-electron chi connectivity index (χ4n) is 3.44. The van der Waals surface area contributed by atoms with Crippen molar-refractivity contribution in [1.82, 2.24) is 25.5 Å². The van der Waals surface area contributed by atoms with Crippen molar-refractivity contribution in [2.45, 2.75) is 25.9 Å². The van der Waals surface area contributed by atoms with Crippen molar-refractivity contribution in [2.75, 3.05) is 59.2 Å². The summed E-state index contributed by atoms with van der Waals surface area (Å²) >= 11 is 10.8. The molecule has 0 aromatic carbocycles. The van der Waals surface area contributed by atoms with Gasteiger partial charge in [0.15, 0.2) is 5.11 Å². The van der Waals surface area contributed by atoms with E-state index in [-0.39, 0.29) is 5.16 Å². The molecular formula is C17H33N6O2PS2. The maximum Gasteiger partial charge on any atom is 0.212 e. The molecule has 2 fully saturated rings. The molecule has 3 N–H and O–H groups in total. The van der Waals surface area contributed by atoms with E-state index in [4.69, 9.17) is 38.7 Å². The summed E-state index contributed by atoms with van der Waals surface area (Å²) in [5.74, 6) is 0. The summed E-state index contributed by atoms with van der Waals surface area (Å²) < 4.78 is 21.4. The SMILES string of the molecule is C=CCNC(=S)NNC(=S)N=P(N1CCOCC1)(N1CCOCC1)C(C)(C)C. The van der Waals surface area contributed by atoms with Gasteiger partial charge in [0.25, 0.3) is 0 Å². The lowest BCUT2D eigenvalue weighted by molar-refractivity contribution is 0.0551. The number of hydrogen-bond acceptors (Lipinski definition) is 4. The summed E-state index contributed by atoms with van der Waals surface area (Å²) in [4.78, 5) is 0. The highest BCUT2D eigenvalue weighted by Gasteiger charge is 2.45. The van der Waals surface area contributed by atoms with E-state index in [2.05, 4.69) is 52.9 Å². The number of morpholine rings is 2. The molecule has 28 heavy (non-hydrogen) atoms. The number of hydrazine groups is 1. The molecule has 0 radical (unpaired) electrons. The molecular weight excluding hydrogens is 415 g/mol. The van der Waals surface area contributed by atoms with Crippen LogP contribution >= 0.6 is 31.8 Å². The van der Waals surface area contributed by atoms with E-state index in [1.54, 1.807) is 6.08 Å². The van der Waals surface area contributed by atoms with E-state index in [1.165, 1.54) is 0 Å². The summed E-state index contributed by atoms with van der Waals surface area (Å²) in [6, 6.07) is 0. The van der Waals surface area contributed by atoms with E-state index < -0.39 is 7.36 Å². The molecule has 160 valence electrons. The van der Waals surface area contributed by atoms with Crippen molar-refractivity contribution in [3.8, 4) is 0 Å². The molecule has 11 heteroatoms. The Bertz CT molecular complexity index is 591. The molecule has 2 heterocycles. The van der Waals surface area contributed by atoms with E-state index in [0.717, 1.165) is 26.2 Å². The number of nitrogens with one attached hydrogen (secondary N) is 3. The van der Waals surface area contributed by atoms with E-state index in [0.29, 0.717) is 43.2 Å². The number of ether oxygens (including phenoxy) is 2. The molecule has 0 bridgehead atoms. The summed E-state index contributed by atoms with van der Waals surface area (Å²) in [6.45, 7) is 17.3. The van der Waals surface area contributed by atoms with Crippen LogP contribution < -0.4 is 16.2 Å². The molecule has 2 aliphatic heterocycles. The Kier molecular flexibility index (Phi) is 9.27. The average molecular weight is 449 g/mol. The second-order valence-corrected chi connectivity index (χ2v) is 12.1. The van der Waals surface area contributed by atoms with Gasteiger partial charge in [-0.3, -0.25) is 20.2 Å². The number of rotatable bonds is 4. The van der Waals surface area contributed by atoms with Crippen molar-refractivity contribution in [3.05, 3.63) is 12.7 Å². The molecule has 2 rings (SSSR count). The fourth-order valence-corrected chi connectivity index (χ4v) is 8.32. The van der Waals surface area contributed by atoms with Gasteiger partial charge in [-0.05, 0) is 24.4 Å². The third kappa shape index (κ3) is 5.95. The van der Waals surface area contributed by atoms with Crippen molar-refractivity contribution >= 4 is 42.0 Å². The Morgan fingerprint density at radius 3 is 1.96 bits per heavy atom. The normalized spacial score (nSPS) is 19.5. The molecule has 0 atom stereocenters. The summed E-state index contributed by atoms with van der Waals surface area (Å²) in [5, 5.41) is 3.77. The minimum atomic E-state index is -2.16. The van der Waals surface area contributed by atoms with Gasteiger partial charge in [0.2, 0.25) is 5.11 Å². The van der Waals surface area contributed by atoms with Gasteiger partial charge >= 0.3 is 0 Å². The van der Waals surface area contributed by atoms with Gasteiger partial charge < -0.3 is 14.8 Å². The highest BCUT2D eigenvalue weighted by Crippen LogP contribution is 2.66. The van der Waals surface area contributed by atoms with Crippen LogP contribution in [0.1, 0.15) is 20.8 Å². The minimum Gasteiger partial charge on any atom is -0.379 e. The number of nitrogens with zero attached hydrogens (tertiary/aromatic N) is 3. The second kappa shape index (κ2) is 11.0. The first-order valence-electron chi connectivity index (χ1n) is 9.55. The van der Waals surface area contributed by atoms with Gasteiger partial charge in [-0.25, -0.2) is 4.74 Å². The largest absolute Gasteiger partial charge is 0.379 e. The van der Waals surface area contributed by atoms with Gasteiger partial charge in [0.1, 0.15) is 7.36 Å². The highest BCUT2D eigenvalue weighted by molar-refractivity contribution is 7.81. The Balaban J connectivity index is 2.31. The Labute approximate surface area is 179 Å². The molecule has 0 spiro atoms. The molecule has 0 aromatic heterocycles. The van der Waals surface area contributed by atoms with Crippen LogP contribution in [0, 0.1) is 0 Å². The van der Waals surface area contributed by atoms with Gasteiger partial charge in [0, 0.05) is 37.9 Å². The number of thiocarbonyl (C=S) groups is 2. The first kappa shape index (κ1) is 23.7. The topological polar surface area (TPSA) is 73.4 Å². The molecule has 0 unspecified atom stereocenters. The van der Waals surface area contributed by atoms with Crippen LogP contribution in [0.3, 0.4) is 0 Å². The van der Waals surface area contributed by atoms with Crippen LogP contribution in [0.2, 0.25) is 0 Å². The maximum absolute atomic E-state index is 5.61. The lowest BCUT2D eigenvalue weighted by Crippen LogP contribution is -2.49. The highest BCUT2D eigenvalue weighted by atomic mass is 32.1. The fraction of sp³-hybridized carbons (Fsp3) is 0.765. The molecule has 0 saturated carbocycles. The first-order valence-corrected chi connectivity index (χ1v) is 12.0. The van der Waals surface area contributed by atoms with Crippen LogP contribution in [0.25, 0.3) is 0 Å². The predicted molar refractivity (Wildman–Crippen MR) is 124 cm³/mol. The lowest BCUT2D eigenvalue weighted by atomic mass is 10.3.